The first kappa shape index (κ1) is 18.0. The second-order valence-electron chi connectivity index (χ2n) is 5.97. The lowest BCUT2D eigenvalue weighted by Gasteiger charge is -2.24. The van der Waals surface area contributed by atoms with Gasteiger partial charge in [-0.2, -0.15) is 0 Å². The molecule has 0 unspecified atom stereocenters. The van der Waals surface area contributed by atoms with Crippen molar-refractivity contribution in [2.75, 3.05) is 6.61 Å². The summed E-state index contributed by atoms with van der Waals surface area (Å²) in [5.74, 6) is 0. The zero-order valence-electron chi connectivity index (χ0n) is 12.9. The molecule has 0 heterocycles. The number of halogens is 1. The van der Waals surface area contributed by atoms with Crippen LogP contribution >= 0.6 is 15.9 Å². The molecule has 1 atom stereocenters. The third-order valence-electron chi connectivity index (χ3n) is 2.86. The van der Waals surface area contributed by atoms with Crippen LogP contribution in [0.25, 0.3) is 0 Å². The van der Waals surface area contributed by atoms with Gasteiger partial charge in [0, 0.05) is 11.1 Å². The number of carbonyl (C=O) groups is 1. The van der Waals surface area contributed by atoms with Crippen molar-refractivity contribution in [1.82, 2.24) is 5.32 Å². The van der Waals surface area contributed by atoms with Crippen LogP contribution in [0.4, 0.5) is 4.79 Å². The van der Waals surface area contributed by atoms with E-state index >= 15 is 0 Å². The maximum Gasteiger partial charge on any atom is 0.408 e. The van der Waals surface area contributed by atoms with E-state index in [-0.39, 0.29) is 12.6 Å². The predicted octanol–water partition coefficient (Wildman–Crippen LogP) is 4.18. The molecule has 4 nitrogen and oxygen atoms in total. The van der Waals surface area contributed by atoms with Crippen LogP contribution in [0.3, 0.4) is 0 Å². The Morgan fingerprint density at radius 2 is 1.90 bits per heavy atom. The SMILES string of the molecule is CC(C)(C)OC(=O)N[C@H](CCCCO)c1ccc(Br)cc1. The van der Waals surface area contributed by atoms with Gasteiger partial charge in [0.2, 0.25) is 0 Å². The van der Waals surface area contributed by atoms with Gasteiger partial charge in [-0.3, -0.25) is 0 Å². The summed E-state index contributed by atoms with van der Waals surface area (Å²) in [6.07, 6.45) is 1.91. The zero-order chi connectivity index (χ0) is 15.9. The molecule has 2 N–H and O–H groups in total. The highest BCUT2D eigenvalue weighted by Gasteiger charge is 2.20. The van der Waals surface area contributed by atoms with E-state index in [0.29, 0.717) is 0 Å². The minimum absolute atomic E-state index is 0.112. The van der Waals surface area contributed by atoms with E-state index in [9.17, 15) is 4.79 Å². The number of rotatable bonds is 6. The molecule has 0 spiro atoms. The van der Waals surface area contributed by atoms with Gasteiger partial charge in [-0.15, -0.1) is 0 Å². The third-order valence-corrected chi connectivity index (χ3v) is 3.39. The Hall–Kier alpha value is -1.07. The smallest absolute Gasteiger partial charge is 0.408 e. The molecule has 1 aromatic rings. The van der Waals surface area contributed by atoms with Crippen molar-refractivity contribution >= 4 is 22.0 Å². The van der Waals surface area contributed by atoms with Crippen molar-refractivity contribution in [3.8, 4) is 0 Å². The third kappa shape index (κ3) is 7.48. The first-order valence-electron chi connectivity index (χ1n) is 7.17. The normalized spacial score (nSPS) is 12.8. The Kier molecular flexibility index (Phi) is 7.18. The van der Waals surface area contributed by atoms with Gasteiger partial charge in [-0.05, 0) is 57.7 Å². The molecule has 0 bridgehead atoms. The fraction of sp³-hybridized carbons (Fsp3) is 0.562. The van der Waals surface area contributed by atoms with Gasteiger partial charge in [0.15, 0.2) is 0 Å². The van der Waals surface area contributed by atoms with Crippen LogP contribution in [0.2, 0.25) is 0 Å². The summed E-state index contributed by atoms with van der Waals surface area (Å²) >= 11 is 3.40. The highest BCUT2D eigenvalue weighted by atomic mass is 79.9. The molecule has 5 heteroatoms. The minimum atomic E-state index is -0.514. The number of hydrogen-bond acceptors (Lipinski definition) is 3. The fourth-order valence-electron chi connectivity index (χ4n) is 1.93. The van der Waals surface area contributed by atoms with Gasteiger partial charge >= 0.3 is 6.09 Å². The van der Waals surface area contributed by atoms with Crippen LogP contribution in [-0.4, -0.2) is 23.4 Å². The molecule has 0 aliphatic carbocycles. The Morgan fingerprint density at radius 3 is 2.43 bits per heavy atom. The van der Waals surface area contributed by atoms with E-state index in [1.165, 1.54) is 0 Å². The van der Waals surface area contributed by atoms with Gasteiger partial charge in [-0.25, -0.2) is 4.79 Å². The molecule has 118 valence electrons. The molecule has 0 radical (unpaired) electrons. The van der Waals surface area contributed by atoms with E-state index in [2.05, 4.69) is 21.2 Å². The van der Waals surface area contributed by atoms with E-state index in [4.69, 9.17) is 9.84 Å². The largest absolute Gasteiger partial charge is 0.444 e. The molecular weight excluding hydrogens is 334 g/mol. The molecule has 0 aliphatic heterocycles. The summed E-state index contributed by atoms with van der Waals surface area (Å²) < 4.78 is 6.31. The molecule has 1 rings (SSSR count). The zero-order valence-corrected chi connectivity index (χ0v) is 14.4. The van der Waals surface area contributed by atoms with Gasteiger partial charge in [0.25, 0.3) is 0 Å². The lowest BCUT2D eigenvalue weighted by Crippen LogP contribution is -2.35. The van der Waals surface area contributed by atoms with Gasteiger partial charge in [-0.1, -0.05) is 28.1 Å². The molecule has 21 heavy (non-hydrogen) atoms. The topological polar surface area (TPSA) is 58.6 Å². The number of nitrogens with one attached hydrogen (secondary N) is 1. The Labute approximate surface area is 135 Å². The van der Waals surface area contributed by atoms with Crippen molar-refractivity contribution in [2.24, 2.45) is 0 Å². The Balaban J connectivity index is 2.72. The number of ether oxygens (including phenoxy) is 1. The summed E-state index contributed by atoms with van der Waals surface area (Å²) in [6.45, 7) is 5.69. The lowest BCUT2D eigenvalue weighted by molar-refractivity contribution is 0.0500. The molecule has 0 saturated carbocycles. The molecule has 1 amide bonds. The van der Waals surface area contributed by atoms with Crippen LogP contribution in [0, 0.1) is 0 Å². The number of hydrogen-bond donors (Lipinski definition) is 2. The van der Waals surface area contributed by atoms with E-state index in [0.717, 1.165) is 29.3 Å². The fourth-order valence-corrected chi connectivity index (χ4v) is 2.19. The predicted molar refractivity (Wildman–Crippen MR) is 87.2 cm³/mol. The monoisotopic (exact) mass is 357 g/mol. The molecule has 1 aromatic carbocycles. The minimum Gasteiger partial charge on any atom is -0.444 e. The molecule has 0 fully saturated rings. The first-order valence-corrected chi connectivity index (χ1v) is 7.97. The average molecular weight is 358 g/mol. The van der Waals surface area contributed by atoms with E-state index in [1.807, 2.05) is 45.0 Å². The molecule has 0 aliphatic rings. The standard InChI is InChI=1S/C16H24BrNO3/c1-16(2,3)21-15(20)18-14(6-4-5-11-19)12-7-9-13(17)10-8-12/h7-10,14,19H,4-6,11H2,1-3H3,(H,18,20)/t14-/m1/s1. The summed E-state index contributed by atoms with van der Waals surface area (Å²) in [7, 11) is 0. The maximum atomic E-state index is 12.0. The summed E-state index contributed by atoms with van der Waals surface area (Å²) in [6, 6.07) is 7.74. The second kappa shape index (κ2) is 8.39. The Morgan fingerprint density at radius 1 is 1.29 bits per heavy atom. The summed E-state index contributed by atoms with van der Waals surface area (Å²) in [5, 5.41) is 11.8. The number of aliphatic hydroxyl groups excluding tert-OH is 1. The lowest BCUT2D eigenvalue weighted by atomic mass is 10.0. The number of benzene rings is 1. The van der Waals surface area contributed by atoms with Crippen molar-refractivity contribution in [3.05, 3.63) is 34.3 Å². The van der Waals surface area contributed by atoms with Gasteiger partial charge in [0.05, 0.1) is 6.04 Å². The average Bonchev–Trinajstić information content (AvgIpc) is 2.36. The highest BCUT2D eigenvalue weighted by molar-refractivity contribution is 9.10. The highest BCUT2D eigenvalue weighted by Crippen LogP contribution is 2.22. The van der Waals surface area contributed by atoms with Crippen LogP contribution in [0.15, 0.2) is 28.7 Å². The van der Waals surface area contributed by atoms with E-state index < -0.39 is 11.7 Å². The number of aliphatic hydroxyl groups is 1. The van der Waals surface area contributed by atoms with Gasteiger partial charge < -0.3 is 15.2 Å². The number of carbonyl (C=O) groups excluding carboxylic acids is 1. The van der Waals surface area contributed by atoms with Crippen LogP contribution in [-0.2, 0) is 4.74 Å². The maximum absolute atomic E-state index is 12.0. The van der Waals surface area contributed by atoms with Crippen molar-refractivity contribution in [3.63, 3.8) is 0 Å². The number of unbranched alkanes of at least 4 members (excludes halogenated alkanes) is 1. The van der Waals surface area contributed by atoms with Crippen molar-refractivity contribution in [2.45, 2.75) is 51.7 Å². The quantitative estimate of drug-likeness (QED) is 0.750. The number of amides is 1. The summed E-state index contributed by atoms with van der Waals surface area (Å²) in [4.78, 5) is 12.0. The van der Waals surface area contributed by atoms with E-state index in [1.54, 1.807) is 0 Å². The number of alkyl carbamates (subject to hydrolysis) is 1. The van der Waals surface area contributed by atoms with Crippen LogP contribution < -0.4 is 5.32 Å². The van der Waals surface area contributed by atoms with Crippen LogP contribution in [0.5, 0.6) is 0 Å². The summed E-state index contributed by atoms with van der Waals surface area (Å²) in [5.41, 5.74) is 0.515. The first-order chi connectivity index (χ1) is 9.81. The molecule has 0 aromatic heterocycles. The molecule has 0 saturated heterocycles. The van der Waals surface area contributed by atoms with Gasteiger partial charge in [0.1, 0.15) is 5.60 Å². The second-order valence-corrected chi connectivity index (χ2v) is 6.89. The van der Waals surface area contributed by atoms with Crippen LogP contribution in [0.1, 0.15) is 51.6 Å². The van der Waals surface area contributed by atoms with Crippen molar-refractivity contribution < 1.29 is 14.6 Å². The molecular formula is C16H24BrNO3. The van der Waals surface area contributed by atoms with Crippen molar-refractivity contribution in [1.29, 1.82) is 0 Å². The Bertz CT molecular complexity index is 440.